The molecule has 1 saturated carbocycles. The first-order valence-corrected chi connectivity index (χ1v) is 7.96. The number of unbranched alkanes of at least 4 members (excludes halogenated alkanes) is 1. The average molecular weight is 303 g/mol. The molecular weight excluding hydrogens is 278 g/mol. The summed E-state index contributed by atoms with van der Waals surface area (Å²) in [6.45, 7) is 2.48. The average Bonchev–Trinajstić information content (AvgIpc) is 2.52. The number of hydrogen-bond acceptors (Lipinski definition) is 4. The molecule has 120 valence electrons. The van der Waals surface area contributed by atoms with Crippen LogP contribution in [0.2, 0.25) is 0 Å². The molecule has 4 heteroatoms. The minimum absolute atomic E-state index is 0.0518. The Bertz CT molecular complexity index is 506. The Hall–Kier alpha value is -1.84. The first-order valence-electron chi connectivity index (χ1n) is 7.96. The molecule has 1 aliphatic carbocycles. The van der Waals surface area contributed by atoms with Crippen molar-refractivity contribution in [2.24, 2.45) is 11.3 Å². The fraction of sp³-hybridized carbons (Fsp3) is 0.556. The summed E-state index contributed by atoms with van der Waals surface area (Å²) in [4.78, 5) is 12.1. The van der Waals surface area contributed by atoms with E-state index in [1.807, 2.05) is 30.3 Å². The Labute approximate surface area is 132 Å². The summed E-state index contributed by atoms with van der Waals surface area (Å²) < 4.78 is 10.5. The number of hydrogen-bond donors (Lipinski definition) is 1. The first-order chi connectivity index (χ1) is 10.6. The van der Waals surface area contributed by atoms with Crippen LogP contribution in [-0.4, -0.2) is 19.0 Å². The van der Waals surface area contributed by atoms with E-state index in [1.165, 1.54) is 13.5 Å². The molecular formula is C18H25NO3. The molecule has 0 saturated heterocycles. The Morgan fingerprint density at radius 2 is 2.00 bits per heavy atom. The minimum atomic E-state index is -0.859. The lowest BCUT2D eigenvalue weighted by molar-refractivity contribution is -0.156. The fourth-order valence-corrected chi connectivity index (χ4v) is 3.13. The number of carbonyl (C=O) groups is 1. The number of nitrogens with one attached hydrogen (secondary N) is 1. The molecule has 1 aliphatic rings. The van der Waals surface area contributed by atoms with Crippen molar-refractivity contribution in [3.05, 3.63) is 35.9 Å². The van der Waals surface area contributed by atoms with Crippen LogP contribution in [0.25, 0.3) is 0 Å². The normalized spacial score (nSPS) is 23.5. The predicted octanol–water partition coefficient (Wildman–Crippen LogP) is 3.94. The third kappa shape index (κ3) is 3.49. The topological polar surface area (TPSA) is 59.4 Å². The number of ether oxygens (including phenoxy) is 2. The zero-order valence-electron chi connectivity index (χ0n) is 13.4. The number of rotatable bonds is 7. The van der Waals surface area contributed by atoms with Crippen molar-refractivity contribution >= 4 is 11.9 Å². The van der Waals surface area contributed by atoms with Crippen LogP contribution in [0.3, 0.4) is 0 Å². The van der Waals surface area contributed by atoms with E-state index in [2.05, 4.69) is 6.92 Å². The molecule has 0 heterocycles. The van der Waals surface area contributed by atoms with Gasteiger partial charge < -0.3 is 9.47 Å². The molecule has 0 radical (unpaired) electrons. The summed E-state index contributed by atoms with van der Waals surface area (Å²) in [6, 6.07) is 9.70. The van der Waals surface area contributed by atoms with Crippen molar-refractivity contribution in [3.8, 4) is 0 Å². The summed E-state index contributed by atoms with van der Waals surface area (Å²) >= 11 is 0. The fourth-order valence-electron chi connectivity index (χ4n) is 3.13. The molecule has 1 N–H and O–H groups in total. The van der Waals surface area contributed by atoms with Gasteiger partial charge in [0, 0.05) is 0 Å². The highest BCUT2D eigenvalue weighted by Crippen LogP contribution is 2.49. The van der Waals surface area contributed by atoms with Crippen LogP contribution in [0.1, 0.15) is 44.6 Å². The van der Waals surface area contributed by atoms with E-state index < -0.39 is 5.41 Å². The highest BCUT2D eigenvalue weighted by Gasteiger charge is 2.55. The third-order valence-corrected chi connectivity index (χ3v) is 4.48. The molecule has 0 atom stereocenters. The summed E-state index contributed by atoms with van der Waals surface area (Å²) in [5, 5.41) is 8.22. The van der Waals surface area contributed by atoms with Gasteiger partial charge in [-0.25, -0.2) is 0 Å². The van der Waals surface area contributed by atoms with E-state index in [0.29, 0.717) is 25.4 Å². The maximum absolute atomic E-state index is 12.1. The van der Waals surface area contributed by atoms with E-state index in [0.717, 1.165) is 18.4 Å². The Morgan fingerprint density at radius 1 is 1.32 bits per heavy atom. The maximum atomic E-state index is 12.1. The lowest BCUT2D eigenvalue weighted by Gasteiger charge is -2.44. The monoisotopic (exact) mass is 303 g/mol. The van der Waals surface area contributed by atoms with Gasteiger partial charge in [0.1, 0.15) is 12.0 Å². The van der Waals surface area contributed by atoms with Gasteiger partial charge in [-0.3, -0.25) is 10.2 Å². The van der Waals surface area contributed by atoms with Gasteiger partial charge in [-0.2, -0.15) is 0 Å². The van der Waals surface area contributed by atoms with Crippen LogP contribution in [0.15, 0.2) is 30.3 Å². The van der Waals surface area contributed by atoms with Crippen molar-refractivity contribution in [3.63, 3.8) is 0 Å². The number of methoxy groups -OCH3 is 1. The van der Waals surface area contributed by atoms with E-state index >= 15 is 0 Å². The van der Waals surface area contributed by atoms with Crippen LogP contribution in [0.4, 0.5) is 0 Å². The van der Waals surface area contributed by atoms with Gasteiger partial charge in [-0.05, 0) is 24.3 Å². The summed E-state index contributed by atoms with van der Waals surface area (Å²) in [5.41, 5.74) is 0.135. The van der Waals surface area contributed by atoms with Gasteiger partial charge in [-0.15, -0.1) is 0 Å². The lowest BCUT2D eigenvalue weighted by Crippen LogP contribution is -2.51. The maximum Gasteiger partial charge on any atom is 0.321 e. The van der Waals surface area contributed by atoms with Gasteiger partial charge in [0.05, 0.1) is 7.11 Å². The van der Waals surface area contributed by atoms with Gasteiger partial charge in [-0.1, -0.05) is 56.5 Å². The third-order valence-electron chi connectivity index (χ3n) is 4.48. The predicted molar refractivity (Wildman–Crippen MR) is 85.7 cm³/mol. The second kappa shape index (κ2) is 7.43. The van der Waals surface area contributed by atoms with Crippen molar-refractivity contribution in [2.45, 2.75) is 45.6 Å². The van der Waals surface area contributed by atoms with Crippen molar-refractivity contribution < 1.29 is 14.3 Å². The smallest absolute Gasteiger partial charge is 0.321 e. The number of carbonyl (C=O) groups excluding carboxylic acids is 1. The Balaban J connectivity index is 1.95. The minimum Gasteiger partial charge on any atom is -0.475 e. The highest BCUT2D eigenvalue weighted by molar-refractivity contribution is 6.02. The van der Waals surface area contributed by atoms with Gasteiger partial charge >= 0.3 is 5.97 Å². The van der Waals surface area contributed by atoms with Crippen LogP contribution < -0.4 is 0 Å². The van der Waals surface area contributed by atoms with Crippen LogP contribution in [0, 0.1) is 16.7 Å². The zero-order valence-corrected chi connectivity index (χ0v) is 13.4. The SMILES string of the molecule is CCCCC1CC(C(=N)OCc2ccccc2)(C(=O)OC)C1. The molecule has 1 fully saturated rings. The van der Waals surface area contributed by atoms with E-state index in [9.17, 15) is 4.79 Å². The van der Waals surface area contributed by atoms with E-state index in [4.69, 9.17) is 14.9 Å². The van der Waals surface area contributed by atoms with Crippen molar-refractivity contribution in [1.29, 1.82) is 5.41 Å². The highest BCUT2D eigenvalue weighted by atomic mass is 16.5. The van der Waals surface area contributed by atoms with Gasteiger partial charge in [0.25, 0.3) is 0 Å². The van der Waals surface area contributed by atoms with Crippen molar-refractivity contribution in [2.75, 3.05) is 7.11 Å². The summed E-state index contributed by atoms with van der Waals surface area (Å²) in [5.74, 6) is 0.217. The Morgan fingerprint density at radius 3 is 2.59 bits per heavy atom. The molecule has 2 rings (SSSR count). The van der Waals surface area contributed by atoms with E-state index in [1.54, 1.807) is 0 Å². The first kappa shape index (κ1) is 16.5. The zero-order chi connectivity index (χ0) is 16.0. The van der Waals surface area contributed by atoms with Gasteiger partial charge in [0.15, 0.2) is 5.90 Å². The van der Waals surface area contributed by atoms with E-state index in [-0.39, 0.29) is 11.9 Å². The van der Waals surface area contributed by atoms with Gasteiger partial charge in [0.2, 0.25) is 0 Å². The molecule has 1 aromatic rings. The van der Waals surface area contributed by atoms with Crippen molar-refractivity contribution in [1.82, 2.24) is 0 Å². The Kier molecular flexibility index (Phi) is 5.58. The molecule has 0 bridgehead atoms. The molecule has 0 spiro atoms. The molecule has 1 aromatic carbocycles. The lowest BCUT2D eigenvalue weighted by atomic mass is 9.60. The molecule has 0 aliphatic heterocycles. The summed E-state index contributed by atoms with van der Waals surface area (Å²) in [7, 11) is 1.38. The summed E-state index contributed by atoms with van der Waals surface area (Å²) in [6.07, 6.45) is 4.78. The quantitative estimate of drug-likeness (QED) is 0.471. The van der Waals surface area contributed by atoms with Crippen LogP contribution in [-0.2, 0) is 20.9 Å². The molecule has 0 unspecified atom stereocenters. The second-order valence-corrected chi connectivity index (χ2v) is 6.09. The molecule has 0 amide bonds. The van der Waals surface area contributed by atoms with Crippen LogP contribution in [0.5, 0.6) is 0 Å². The number of benzene rings is 1. The molecule has 22 heavy (non-hydrogen) atoms. The van der Waals surface area contributed by atoms with Crippen LogP contribution >= 0.6 is 0 Å². The largest absolute Gasteiger partial charge is 0.475 e. The standard InChI is InChI=1S/C18H25NO3/c1-3-4-8-15-11-18(12-15,17(20)21-2)16(19)22-13-14-9-6-5-7-10-14/h5-7,9-10,15,19H,3-4,8,11-13H2,1-2H3. The second-order valence-electron chi connectivity index (χ2n) is 6.09. The molecule has 4 nitrogen and oxygen atoms in total. The molecule has 0 aromatic heterocycles. The number of esters is 1.